The van der Waals surface area contributed by atoms with Crippen molar-refractivity contribution >= 4 is 34.3 Å². The lowest BCUT2D eigenvalue weighted by Gasteiger charge is -2.23. The van der Waals surface area contributed by atoms with Gasteiger partial charge in [0, 0.05) is 16.3 Å². The Morgan fingerprint density at radius 3 is 2.47 bits per heavy atom. The van der Waals surface area contributed by atoms with E-state index in [4.69, 9.17) is 20.8 Å². The first kappa shape index (κ1) is 21.9. The van der Waals surface area contributed by atoms with Gasteiger partial charge in [-0.2, -0.15) is 0 Å². The number of fused-ring (bicyclic) bond motifs is 1. The maximum atomic E-state index is 12.3. The van der Waals surface area contributed by atoms with Gasteiger partial charge in [0.2, 0.25) is 5.89 Å². The van der Waals surface area contributed by atoms with Crippen molar-refractivity contribution in [2.75, 3.05) is 11.9 Å². The molecule has 0 atom stereocenters. The first-order valence-electron chi connectivity index (χ1n) is 10.5. The molecule has 1 amide bonds. The summed E-state index contributed by atoms with van der Waals surface area (Å²) < 4.78 is 11.4. The third-order valence-electron chi connectivity index (χ3n) is 5.65. The lowest BCUT2D eigenvalue weighted by molar-refractivity contribution is -0.118. The van der Waals surface area contributed by atoms with Crippen LogP contribution < -0.4 is 10.1 Å². The molecule has 1 N–H and O–H groups in total. The molecule has 164 valence electrons. The number of nitrogens with one attached hydrogen (secondary N) is 1. The van der Waals surface area contributed by atoms with E-state index in [9.17, 15) is 4.79 Å². The van der Waals surface area contributed by atoms with Gasteiger partial charge >= 0.3 is 0 Å². The lowest BCUT2D eigenvalue weighted by Crippen LogP contribution is -2.20. The topological polar surface area (TPSA) is 64.4 Å². The van der Waals surface area contributed by atoms with Gasteiger partial charge in [-0.3, -0.25) is 4.79 Å². The highest BCUT2D eigenvalue weighted by Gasteiger charge is 2.17. The molecule has 0 aliphatic carbocycles. The van der Waals surface area contributed by atoms with Crippen LogP contribution in [0.15, 0.2) is 71.1 Å². The second-order valence-electron chi connectivity index (χ2n) is 8.31. The molecule has 1 heterocycles. The van der Waals surface area contributed by atoms with Crippen molar-refractivity contribution in [3.8, 4) is 17.2 Å². The van der Waals surface area contributed by atoms with Crippen LogP contribution in [-0.2, 0) is 10.2 Å². The molecule has 32 heavy (non-hydrogen) atoms. The molecule has 3 aromatic carbocycles. The Labute approximate surface area is 192 Å². The number of rotatable bonds is 7. The number of amides is 1. The Bertz CT molecular complexity index is 1230. The number of carbonyl (C=O) groups is 1. The van der Waals surface area contributed by atoms with Crippen molar-refractivity contribution in [1.82, 2.24) is 4.98 Å². The van der Waals surface area contributed by atoms with Gasteiger partial charge < -0.3 is 14.5 Å². The summed E-state index contributed by atoms with van der Waals surface area (Å²) in [6.07, 6.45) is 1.05. The zero-order chi connectivity index (χ0) is 22.7. The van der Waals surface area contributed by atoms with E-state index in [1.807, 2.05) is 24.3 Å². The van der Waals surface area contributed by atoms with Gasteiger partial charge in [0.25, 0.3) is 5.91 Å². The number of anilines is 1. The van der Waals surface area contributed by atoms with E-state index < -0.39 is 0 Å². The molecule has 5 nitrogen and oxygen atoms in total. The van der Waals surface area contributed by atoms with Crippen molar-refractivity contribution in [2.24, 2.45) is 0 Å². The third kappa shape index (κ3) is 4.94. The van der Waals surface area contributed by atoms with Crippen molar-refractivity contribution in [3.63, 3.8) is 0 Å². The van der Waals surface area contributed by atoms with Crippen LogP contribution in [0.5, 0.6) is 5.75 Å². The van der Waals surface area contributed by atoms with Crippen LogP contribution in [0.25, 0.3) is 22.6 Å². The highest BCUT2D eigenvalue weighted by molar-refractivity contribution is 6.31. The maximum Gasteiger partial charge on any atom is 0.262 e. The summed E-state index contributed by atoms with van der Waals surface area (Å²) >= 11 is 6.01. The Kier molecular flexibility index (Phi) is 6.19. The monoisotopic (exact) mass is 448 g/mol. The number of ether oxygens (including phenoxy) is 1. The minimum absolute atomic E-state index is 0.0653. The Balaban J connectivity index is 1.34. The van der Waals surface area contributed by atoms with Crippen LogP contribution in [0, 0.1) is 0 Å². The number of nitrogens with zero attached hydrogens (tertiary/aromatic N) is 1. The van der Waals surface area contributed by atoms with Crippen molar-refractivity contribution < 1.29 is 13.9 Å². The van der Waals surface area contributed by atoms with Crippen molar-refractivity contribution in [3.05, 3.63) is 77.3 Å². The fourth-order valence-electron chi connectivity index (χ4n) is 3.27. The fourth-order valence-corrected chi connectivity index (χ4v) is 3.44. The van der Waals surface area contributed by atoms with Crippen LogP contribution in [0.1, 0.15) is 32.8 Å². The fraction of sp³-hybridized carbons (Fsp3) is 0.231. The molecule has 6 heteroatoms. The lowest BCUT2D eigenvalue weighted by atomic mass is 9.82. The minimum atomic E-state index is -0.229. The summed E-state index contributed by atoms with van der Waals surface area (Å²) in [4.78, 5) is 16.7. The molecule has 4 aromatic rings. The SMILES string of the molecule is CCC(C)(C)c1ccc(OCC(=O)Nc2ccc(-c3nc4cc(Cl)ccc4o3)cc2)cc1. The summed E-state index contributed by atoms with van der Waals surface area (Å²) in [6.45, 7) is 6.53. The van der Waals surface area contributed by atoms with Crippen LogP contribution in [0.3, 0.4) is 0 Å². The largest absolute Gasteiger partial charge is 0.484 e. The summed E-state index contributed by atoms with van der Waals surface area (Å²) in [6, 6.07) is 20.5. The third-order valence-corrected chi connectivity index (χ3v) is 5.89. The predicted molar refractivity (Wildman–Crippen MR) is 128 cm³/mol. The molecule has 0 bridgehead atoms. The molecule has 0 fully saturated rings. The van der Waals surface area contributed by atoms with E-state index in [2.05, 4.69) is 43.2 Å². The molecule has 0 spiro atoms. The summed E-state index contributed by atoms with van der Waals surface area (Å²) in [7, 11) is 0. The van der Waals surface area contributed by atoms with Gasteiger partial charge in [-0.1, -0.05) is 44.5 Å². The van der Waals surface area contributed by atoms with E-state index in [1.165, 1.54) is 5.56 Å². The first-order chi connectivity index (χ1) is 15.3. The van der Waals surface area contributed by atoms with Gasteiger partial charge in [-0.05, 0) is 72.0 Å². The Hall–Kier alpha value is -3.31. The van der Waals surface area contributed by atoms with Crippen molar-refractivity contribution in [1.29, 1.82) is 0 Å². The molecule has 0 saturated heterocycles. The number of benzene rings is 3. The summed E-state index contributed by atoms with van der Waals surface area (Å²) in [5.74, 6) is 0.938. The molecular weight excluding hydrogens is 424 g/mol. The zero-order valence-electron chi connectivity index (χ0n) is 18.3. The van der Waals surface area contributed by atoms with Crippen LogP contribution in [0.2, 0.25) is 5.02 Å². The second-order valence-corrected chi connectivity index (χ2v) is 8.74. The Morgan fingerprint density at radius 1 is 1.06 bits per heavy atom. The zero-order valence-corrected chi connectivity index (χ0v) is 19.1. The Morgan fingerprint density at radius 2 is 1.78 bits per heavy atom. The van der Waals surface area contributed by atoms with Crippen LogP contribution in [-0.4, -0.2) is 17.5 Å². The van der Waals surface area contributed by atoms with Gasteiger partial charge in [0.1, 0.15) is 11.3 Å². The van der Waals surface area contributed by atoms with E-state index in [1.54, 1.807) is 30.3 Å². The number of carbonyl (C=O) groups excluding carboxylic acids is 1. The van der Waals surface area contributed by atoms with E-state index >= 15 is 0 Å². The molecule has 4 rings (SSSR count). The molecule has 0 saturated carbocycles. The number of hydrogen-bond acceptors (Lipinski definition) is 4. The highest BCUT2D eigenvalue weighted by atomic mass is 35.5. The van der Waals surface area contributed by atoms with Gasteiger partial charge in [-0.15, -0.1) is 0 Å². The average molecular weight is 449 g/mol. The van der Waals surface area contributed by atoms with E-state index in [0.717, 1.165) is 12.0 Å². The second kappa shape index (κ2) is 9.05. The van der Waals surface area contributed by atoms with E-state index in [-0.39, 0.29) is 17.9 Å². The van der Waals surface area contributed by atoms with Gasteiger partial charge in [-0.25, -0.2) is 4.98 Å². The molecule has 1 aromatic heterocycles. The molecule has 0 aliphatic heterocycles. The smallest absolute Gasteiger partial charge is 0.262 e. The average Bonchev–Trinajstić information content (AvgIpc) is 3.21. The summed E-state index contributed by atoms with van der Waals surface area (Å²) in [5, 5.41) is 3.45. The van der Waals surface area contributed by atoms with Crippen LogP contribution >= 0.6 is 11.6 Å². The van der Waals surface area contributed by atoms with Gasteiger partial charge in [0.15, 0.2) is 12.2 Å². The van der Waals surface area contributed by atoms with Gasteiger partial charge in [0.05, 0.1) is 0 Å². The first-order valence-corrected chi connectivity index (χ1v) is 10.9. The number of halogens is 1. The normalized spacial score (nSPS) is 11.5. The molecular formula is C26H25ClN2O3. The highest BCUT2D eigenvalue weighted by Crippen LogP contribution is 2.29. The molecule has 0 aliphatic rings. The molecule has 0 unspecified atom stereocenters. The predicted octanol–water partition coefficient (Wildman–Crippen LogP) is 6.85. The van der Waals surface area contributed by atoms with E-state index in [0.29, 0.717) is 33.4 Å². The van der Waals surface area contributed by atoms with Crippen LogP contribution in [0.4, 0.5) is 5.69 Å². The molecule has 0 radical (unpaired) electrons. The number of oxazole rings is 1. The number of hydrogen-bond donors (Lipinski definition) is 1. The number of aromatic nitrogens is 1. The summed E-state index contributed by atoms with van der Waals surface area (Å²) in [5.41, 5.74) is 4.22. The van der Waals surface area contributed by atoms with Crippen molar-refractivity contribution in [2.45, 2.75) is 32.6 Å². The standard InChI is InChI=1S/C26H25ClN2O3/c1-4-26(2,3)18-7-12-21(13-8-18)31-16-24(30)28-20-10-5-17(6-11-20)25-29-22-15-19(27)9-14-23(22)32-25/h5-15H,4,16H2,1-3H3,(H,28,30). The quantitative estimate of drug-likeness (QED) is 0.335. The minimum Gasteiger partial charge on any atom is -0.484 e. The maximum absolute atomic E-state index is 12.3.